The van der Waals surface area contributed by atoms with Crippen molar-refractivity contribution in [2.75, 3.05) is 0 Å². The fraction of sp³-hybridized carbons (Fsp3) is 0.750. The van der Waals surface area contributed by atoms with Crippen LogP contribution in [0.2, 0.25) is 0 Å². The molecule has 18 heavy (non-hydrogen) atoms. The highest BCUT2D eigenvalue weighted by Crippen LogP contribution is 2.02. The van der Waals surface area contributed by atoms with Crippen molar-refractivity contribution in [3.05, 3.63) is 10.6 Å². The molecule has 0 aliphatic carbocycles. The third-order valence-electron chi connectivity index (χ3n) is 2.74. The Kier molecular flexibility index (Phi) is 6.04. The molecule has 102 valence electrons. The number of rotatable bonds is 7. The smallest absolute Gasteiger partial charge is 0.240 e. The second kappa shape index (κ2) is 7.31. The SMILES string of the molecule is CCCc1n[nH]c(=S)n1CC(=O)NC(C)CCC. The zero-order valence-corrected chi connectivity index (χ0v) is 12.1. The first-order valence-corrected chi connectivity index (χ1v) is 6.92. The van der Waals surface area contributed by atoms with Gasteiger partial charge in [0.1, 0.15) is 12.4 Å². The molecule has 0 fully saturated rings. The lowest BCUT2D eigenvalue weighted by atomic mass is 10.2. The first-order chi connectivity index (χ1) is 8.58. The number of carbonyl (C=O) groups is 1. The van der Waals surface area contributed by atoms with Crippen molar-refractivity contribution in [2.24, 2.45) is 0 Å². The molecule has 5 nitrogen and oxygen atoms in total. The summed E-state index contributed by atoms with van der Waals surface area (Å²) in [5, 5.41) is 9.85. The summed E-state index contributed by atoms with van der Waals surface area (Å²) < 4.78 is 2.28. The van der Waals surface area contributed by atoms with Gasteiger partial charge in [0.05, 0.1) is 0 Å². The number of amides is 1. The maximum absolute atomic E-state index is 11.9. The van der Waals surface area contributed by atoms with Gasteiger partial charge in [0, 0.05) is 12.5 Å². The van der Waals surface area contributed by atoms with Gasteiger partial charge in [0.2, 0.25) is 5.91 Å². The second-order valence-electron chi connectivity index (χ2n) is 4.54. The van der Waals surface area contributed by atoms with Gasteiger partial charge in [-0.25, -0.2) is 0 Å². The number of aromatic amines is 1. The van der Waals surface area contributed by atoms with Crippen LogP contribution in [0.15, 0.2) is 0 Å². The highest BCUT2D eigenvalue weighted by Gasteiger charge is 2.11. The largest absolute Gasteiger partial charge is 0.352 e. The molecule has 0 aliphatic rings. The molecule has 2 N–H and O–H groups in total. The van der Waals surface area contributed by atoms with Crippen molar-refractivity contribution < 1.29 is 4.79 Å². The lowest BCUT2D eigenvalue weighted by molar-refractivity contribution is -0.122. The highest BCUT2D eigenvalue weighted by molar-refractivity contribution is 7.71. The minimum absolute atomic E-state index is 0.00852. The third-order valence-corrected chi connectivity index (χ3v) is 3.05. The van der Waals surface area contributed by atoms with Crippen LogP contribution >= 0.6 is 12.2 Å². The van der Waals surface area contributed by atoms with Gasteiger partial charge in [-0.1, -0.05) is 20.3 Å². The lowest BCUT2D eigenvalue weighted by Gasteiger charge is -2.13. The van der Waals surface area contributed by atoms with Gasteiger partial charge in [-0.2, -0.15) is 5.10 Å². The molecule has 1 aromatic rings. The Bertz CT molecular complexity index is 438. The fourth-order valence-electron chi connectivity index (χ4n) is 1.90. The second-order valence-corrected chi connectivity index (χ2v) is 4.93. The molecule has 0 spiro atoms. The highest BCUT2D eigenvalue weighted by atomic mass is 32.1. The minimum Gasteiger partial charge on any atom is -0.352 e. The van der Waals surface area contributed by atoms with Crippen molar-refractivity contribution in [1.82, 2.24) is 20.1 Å². The summed E-state index contributed by atoms with van der Waals surface area (Å²) in [6.07, 6.45) is 3.86. The van der Waals surface area contributed by atoms with Crippen LogP contribution in [0.3, 0.4) is 0 Å². The van der Waals surface area contributed by atoms with E-state index in [9.17, 15) is 4.79 Å². The van der Waals surface area contributed by atoms with E-state index < -0.39 is 0 Å². The lowest BCUT2D eigenvalue weighted by Crippen LogP contribution is -2.35. The molecule has 0 saturated carbocycles. The van der Waals surface area contributed by atoms with E-state index in [0.29, 0.717) is 4.77 Å². The summed E-state index contributed by atoms with van der Waals surface area (Å²) in [5.74, 6) is 0.839. The van der Waals surface area contributed by atoms with Crippen molar-refractivity contribution in [3.8, 4) is 0 Å². The molecule has 0 bridgehead atoms. The number of nitrogens with one attached hydrogen (secondary N) is 2. The zero-order valence-electron chi connectivity index (χ0n) is 11.3. The molecule has 0 saturated heterocycles. The van der Waals surface area contributed by atoms with E-state index in [1.165, 1.54) is 0 Å². The summed E-state index contributed by atoms with van der Waals surface area (Å²) in [6.45, 7) is 6.45. The van der Waals surface area contributed by atoms with Crippen LogP contribution in [0.25, 0.3) is 0 Å². The van der Waals surface area contributed by atoms with E-state index in [0.717, 1.165) is 31.5 Å². The van der Waals surface area contributed by atoms with Crippen LogP contribution < -0.4 is 5.32 Å². The van der Waals surface area contributed by atoms with Gasteiger partial charge in [0.25, 0.3) is 0 Å². The number of hydrogen-bond acceptors (Lipinski definition) is 3. The summed E-state index contributed by atoms with van der Waals surface area (Å²) in [5.41, 5.74) is 0. The van der Waals surface area contributed by atoms with Crippen molar-refractivity contribution in [3.63, 3.8) is 0 Å². The maximum Gasteiger partial charge on any atom is 0.240 e. The molecule has 6 heteroatoms. The summed E-state index contributed by atoms with van der Waals surface area (Å²) in [4.78, 5) is 11.9. The van der Waals surface area contributed by atoms with Gasteiger partial charge >= 0.3 is 0 Å². The van der Waals surface area contributed by atoms with Crippen LogP contribution in [-0.2, 0) is 17.8 Å². The van der Waals surface area contributed by atoms with Crippen molar-refractivity contribution in [2.45, 2.75) is 59.0 Å². The van der Waals surface area contributed by atoms with Gasteiger partial charge in [-0.3, -0.25) is 14.5 Å². The van der Waals surface area contributed by atoms with E-state index >= 15 is 0 Å². The predicted octanol–water partition coefficient (Wildman–Crippen LogP) is 2.20. The Labute approximate surface area is 113 Å². The number of aromatic nitrogens is 3. The molecule has 0 aromatic carbocycles. The number of carbonyl (C=O) groups excluding carboxylic acids is 1. The number of nitrogens with zero attached hydrogens (tertiary/aromatic N) is 2. The van der Waals surface area contributed by atoms with Crippen LogP contribution in [0.4, 0.5) is 0 Å². The molecular formula is C12H22N4OS. The number of hydrogen-bond donors (Lipinski definition) is 2. The van der Waals surface area contributed by atoms with Crippen LogP contribution in [0, 0.1) is 4.77 Å². The third kappa shape index (κ3) is 4.25. The molecule has 1 rings (SSSR count). The first kappa shape index (κ1) is 14.9. The van der Waals surface area contributed by atoms with E-state index in [4.69, 9.17) is 12.2 Å². The minimum atomic E-state index is -0.00852. The monoisotopic (exact) mass is 270 g/mol. The predicted molar refractivity (Wildman–Crippen MR) is 73.9 cm³/mol. The summed E-state index contributed by atoms with van der Waals surface area (Å²) in [7, 11) is 0. The molecule has 1 atom stereocenters. The molecular weight excluding hydrogens is 248 g/mol. The Morgan fingerprint density at radius 1 is 1.50 bits per heavy atom. The Balaban J connectivity index is 2.63. The van der Waals surface area contributed by atoms with Crippen molar-refractivity contribution >= 4 is 18.1 Å². The molecule has 0 radical (unpaired) electrons. The van der Waals surface area contributed by atoms with Gasteiger partial charge in [-0.05, 0) is 32.0 Å². The van der Waals surface area contributed by atoms with E-state index in [-0.39, 0.29) is 18.5 Å². The number of H-pyrrole nitrogens is 1. The normalized spacial score (nSPS) is 12.4. The van der Waals surface area contributed by atoms with Gasteiger partial charge in [-0.15, -0.1) is 0 Å². The molecule has 0 aliphatic heterocycles. The van der Waals surface area contributed by atoms with Crippen LogP contribution in [0.5, 0.6) is 0 Å². The van der Waals surface area contributed by atoms with Crippen LogP contribution in [0.1, 0.15) is 45.9 Å². The van der Waals surface area contributed by atoms with Crippen LogP contribution in [-0.4, -0.2) is 26.7 Å². The maximum atomic E-state index is 11.9. The van der Waals surface area contributed by atoms with E-state index in [1.54, 1.807) is 4.57 Å². The molecule has 1 amide bonds. The molecule has 1 unspecified atom stereocenters. The number of aryl methyl sites for hydroxylation is 1. The van der Waals surface area contributed by atoms with Gasteiger partial charge in [0.15, 0.2) is 4.77 Å². The zero-order chi connectivity index (χ0) is 13.5. The first-order valence-electron chi connectivity index (χ1n) is 6.51. The summed E-state index contributed by atoms with van der Waals surface area (Å²) >= 11 is 5.14. The Morgan fingerprint density at radius 3 is 2.83 bits per heavy atom. The Morgan fingerprint density at radius 2 is 2.22 bits per heavy atom. The fourth-order valence-corrected chi connectivity index (χ4v) is 2.11. The average Bonchev–Trinajstić information content (AvgIpc) is 2.62. The van der Waals surface area contributed by atoms with E-state index in [1.807, 2.05) is 6.92 Å². The van der Waals surface area contributed by atoms with Crippen molar-refractivity contribution in [1.29, 1.82) is 0 Å². The topological polar surface area (TPSA) is 62.7 Å². The standard InChI is InChI=1S/C12H22N4OS/c1-4-6-9(3)13-11(17)8-16-10(7-5-2)14-15-12(16)18/h9H,4-8H2,1-3H3,(H,13,17)(H,15,18). The molecule has 1 heterocycles. The average molecular weight is 270 g/mol. The quantitative estimate of drug-likeness (QED) is 0.747. The van der Waals surface area contributed by atoms with E-state index in [2.05, 4.69) is 29.4 Å². The molecule has 1 aromatic heterocycles. The summed E-state index contributed by atoms with van der Waals surface area (Å²) in [6, 6.07) is 0.207. The van der Waals surface area contributed by atoms with Gasteiger partial charge < -0.3 is 5.32 Å². The Hall–Kier alpha value is -1.17.